The third-order valence-electron chi connectivity index (χ3n) is 4.87. The molecule has 0 unspecified atom stereocenters. The zero-order valence-electron chi connectivity index (χ0n) is 16.2. The summed E-state index contributed by atoms with van der Waals surface area (Å²) in [5, 5.41) is 12.5. The van der Waals surface area contributed by atoms with Crippen LogP contribution in [-0.2, 0) is 17.9 Å². The molecule has 0 bridgehead atoms. The second-order valence-electron chi connectivity index (χ2n) is 6.80. The summed E-state index contributed by atoms with van der Waals surface area (Å²) < 4.78 is 31.8. The van der Waals surface area contributed by atoms with Gasteiger partial charge in [-0.15, -0.1) is 5.10 Å². The zero-order chi connectivity index (χ0) is 20.5. The van der Waals surface area contributed by atoms with E-state index < -0.39 is 0 Å². The number of fused-ring (bicyclic) bond motifs is 1. The molecule has 0 amide bonds. The van der Waals surface area contributed by atoms with E-state index in [4.69, 9.17) is 14.0 Å². The van der Waals surface area contributed by atoms with Gasteiger partial charge in [0.1, 0.15) is 17.7 Å². The van der Waals surface area contributed by atoms with Gasteiger partial charge in [-0.2, -0.15) is 4.98 Å². The Kier molecular flexibility index (Phi) is 4.72. The average Bonchev–Trinajstić information content (AvgIpc) is 3.41. The highest BCUT2D eigenvalue weighted by molar-refractivity contribution is 5.60. The van der Waals surface area contributed by atoms with Gasteiger partial charge in [-0.25, -0.2) is 9.07 Å². The van der Waals surface area contributed by atoms with E-state index in [2.05, 4.69) is 20.5 Å². The number of ether oxygens (including phenoxy) is 2. The first-order valence-electron chi connectivity index (χ1n) is 9.58. The van der Waals surface area contributed by atoms with Crippen LogP contribution < -0.4 is 4.74 Å². The molecule has 0 radical (unpaired) electrons. The smallest absolute Gasteiger partial charge is 0.280 e. The fourth-order valence-electron chi connectivity index (χ4n) is 3.39. The minimum absolute atomic E-state index is 0.229. The van der Waals surface area contributed by atoms with Crippen LogP contribution in [0.5, 0.6) is 5.75 Å². The SMILES string of the molecule is CCOc1cccc(-c2noc(-c3nnn4c3CO[C@@H](c3ccc(F)cc3)C4)n2)c1. The Labute approximate surface area is 171 Å². The van der Waals surface area contributed by atoms with Crippen molar-refractivity contribution in [3.8, 4) is 28.7 Å². The largest absolute Gasteiger partial charge is 0.494 e. The predicted octanol–water partition coefficient (Wildman–Crippen LogP) is 3.80. The molecule has 4 aromatic rings. The van der Waals surface area contributed by atoms with Gasteiger partial charge in [-0.05, 0) is 36.8 Å². The lowest BCUT2D eigenvalue weighted by Gasteiger charge is -2.24. The van der Waals surface area contributed by atoms with E-state index in [1.807, 2.05) is 31.2 Å². The summed E-state index contributed by atoms with van der Waals surface area (Å²) in [4.78, 5) is 4.47. The monoisotopic (exact) mass is 407 g/mol. The molecule has 1 aliphatic rings. The number of benzene rings is 2. The van der Waals surface area contributed by atoms with Crippen LogP contribution in [0.1, 0.15) is 24.3 Å². The molecule has 0 spiro atoms. The number of nitrogens with zero attached hydrogens (tertiary/aromatic N) is 5. The minimum Gasteiger partial charge on any atom is -0.494 e. The number of halogens is 1. The van der Waals surface area contributed by atoms with Crippen LogP contribution in [0.15, 0.2) is 53.1 Å². The van der Waals surface area contributed by atoms with Crippen molar-refractivity contribution >= 4 is 0 Å². The molecular weight excluding hydrogens is 389 g/mol. The Morgan fingerprint density at radius 2 is 2.07 bits per heavy atom. The third kappa shape index (κ3) is 3.43. The highest BCUT2D eigenvalue weighted by atomic mass is 19.1. The molecule has 30 heavy (non-hydrogen) atoms. The van der Waals surface area contributed by atoms with Gasteiger partial charge in [-0.1, -0.05) is 34.6 Å². The predicted molar refractivity (Wildman–Crippen MR) is 104 cm³/mol. The molecule has 3 heterocycles. The van der Waals surface area contributed by atoms with Gasteiger partial charge in [0.25, 0.3) is 5.89 Å². The van der Waals surface area contributed by atoms with E-state index in [1.54, 1.807) is 16.8 Å². The molecule has 0 aliphatic carbocycles. The molecule has 0 fully saturated rings. The highest BCUT2D eigenvalue weighted by Gasteiger charge is 2.28. The highest BCUT2D eigenvalue weighted by Crippen LogP contribution is 2.31. The van der Waals surface area contributed by atoms with Crippen LogP contribution in [0, 0.1) is 5.82 Å². The summed E-state index contributed by atoms with van der Waals surface area (Å²) in [5.41, 5.74) is 2.91. The van der Waals surface area contributed by atoms with Crippen LogP contribution in [0.25, 0.3) is 23.0 Å². The Morgan fingerprint density at radius 1 is 1.20 bits per heavy atom. The van der Waals surface area contributed by atoms with Crippen LogP contribution in [0.2, 0.25) is 0 Å². The lowest BCUT2D eigenvalue weighted by molar-refractivity contribution is -0.00120. The van der Waals surface area contributed by atoms with Gasteiger partial charge in [0.15, 0.2) is 5.69 Å². The lowest BCUT2D eigenvalue weighted by atomic mass is 10.1. The van der Waals surface area contributed by atoms with Crippen molar-refractivity contribution in [2.45, 2.75) is 26.2 Å². The number of rotatable bonds is 5. The van der Waals surface area contributed by atoms with Crippen LogP contribution >= 0.6 is 0 Å². The molecule has 152 valence electrons. The van der Waals surface area contributed by atoms with Crippen LogP contribution in [-0.4, -0.2) is 31.7 Å². The standard InChI is InChI=1S/C21H18FN5O3/c1-2-28-16-5-3-4-14(10-16)20-23-21(30-25-20)19-17-12-29-18(11-27(17)26-24-19)13-6-8-15(22)9-7-13/h3-10,18H,2,11-12H2,1H3/t18-/m1/s1. The normalized spacial score (nSPS) is 15.7. The van der Waals surface area contributed by atoms with Crippen molar-refractivity contribution < 1.29 is 18.4 Å². The summed E-state index contributed by atoms with van der Waals surface area (Å²) in [6.07, 6.45) is -0.229. The van der Waals surface area contributed by atoms with E-state index in [0.29, 0.717) is 24.7 Å². The van der Waals surface area contributed by atoms with Crippen molar-refractivity contribution in [3.63, 3.8) is 0 Å². The maximum absolute atomic E-state index is 13.2. The van der Waals surface area contributed by atoms with E-state index in [-0.39, 0.29) is 24.4 Å². The van der Waals surface area contributed by atoms with Crippen LogP contribution in [0.4, 0.5) is 4.39 Å². The first kappa shape index (κ1) is 18.4. The maximum Gasteiger partial charge on any atom is 0.280 e. The van der Waals surface area contributed by atoms with Gasteiger partial charge < -0.3 is 14.0 Å². The van der Waals surface area contributed by atoms with Gasteiger partial charge in [0, 0.05) is 5.56 Å². The topological polar surface area (TPSA) is 88.1 Å². The van der Waals surface area contributed by atoms with E-state index in [1.165, 1.54) is 12.1 Å². The van der Waals surface area contributed by atoms with Crippen molar-refractivity contribution in [1.29, 1.82) is 0 Å². The maximum atomic E-state index is 13.2. The van der Waals surface area contributed by atoms with Gasteiger partial charge in [-0.3, -0.25) is 0 Å². The van der Waals surface area contributed by atoms with E-state index in [0.717, 1.165) is 22.6 Å². The third-order valence-corrected chi connectivity index (χ3v) is 4.87. The Balaban J connectivity index is 1.39. The summed E-state index contributed by atoms with van der Waals surface area (Å²) in [7, 11) is 0. The van der Waals surface area contributed by atoms with Gasteiger partial charge in [0.05, 0.1) is 25.5 Å². The first-order chi connectivity index (χ1) is 14.7. The Morgan fingerprint density at radius 3 is 2.90 bits per heavy atom. The average molecular weight is 407 g/mol. The quantitative estimate of drug-likeness (QED) is 0.497. The molecule has 9 heteroatoms. The second kappa shape index (κ2) is 7.68. The molecule has 0 saturated carbocycles. The molecule has 1 atom stereocenters. The Hall–Kier alpha value is -3.59. The Bertz CT molecular complexity index is 1170. The summed E-state index contributed by atoms with van der Waals surface area (Å²) in [6, 6.07) is 13.7. The number of aromatic nitrogens is 5. The molecule has 8 nitrogen and oxygen atoms in total. The minimum atomic E-state index is -0.280. The first-order valence-corrected chi connectivity index (χ1v) is 9.58. The van der Waals surface area contributed by atoms with Crippen molar-refractivity contribution in [2.75, 3.05) is 6.61 Å². The molecule has 2 aromatic carbocycles. The lowest BCUT2D eigenvalue weighted by Crippen LogP contribution is -2.22. The number of hydrogen-bond acceptors (Lipinski definition) is 7. The molecular formula is C21H18FN5O3. The fourth-order valence-corrected chi connectivity index (χ4v) is 3.39. The number of hydrogen-bond donors (Lipinski definition) is 0. The van der Waals surface area contributed by atoms with Gasteiger partial charge >= 0.3 is 0 Å². The second-order valence-corrected chi connectivity index (χ2v) is 6.80. The molecule has 2 aromatic heterocycles. The van der Waals surface area contributed by atoms with Gasteiger partial charge in [0.2, 0.25) is 5.82 Å². The summed E-state index contributed by atoms with van der Waals surface area (Å²) in [5.74, 6) is 1.17. The molecule has 5 rings (SSSR count). The van der Waals surface area contributed by atoms with Crippen molar-refractivity contribution in [1.82, 2.24) is 25.1 Å². The molecule has 0 saturated heterocycles. The van der Waals surface area contributed by atoms with Crippen molar-refractivity contribution in [2.24, 2.45) is 0 Å². The summed E-state index contributed by atoms with van der Waals surface area (Å²) >= 11 is 0. The van der Waals surface area contributed by atoms with E-state index >= 15 is 0 Å². The van der Waals surface area contributed by atoms with Crippen molar-refractivity contribution in [3.05, 3.63) is 65.6 Å². The fraction of sp³-hybridized carbons (Fsp3) is 0.238. The zero-order valence-corrected chi connectivity index (χ0v) is 16.2. The van der Waals surface area contributed by atoms with E-state index in [9.17, 15) is 4.39 Å². The molecule has 1 aliphatic heterocycles. The summed E-state index contributed by atoms with van der Waals surface area (Å²) in [6.45, 7) is 3.25. The molecule has 0 N–H and O–H groups in total. The van der Waals surface area contributed by atoms with Crippen LogP contribution in [0.3, 0.4) is 0 Å².